The average molecular weight is 202 g/mol. The maximum atomic E-state index is 4.19. The molecule has 0 aliphatic rings. The average Bonchev–Trinajstić information content (AvgIpc) is 2.68. The first-order valence-corrected chi connectivity index (χ1v) is 5.24. The first-order valence-electron chi connectivity index (χ1n) is 4.36. The molecule has 0 aliphatic carbocycles. The second-order valence-corrected chi connectivity index (χ2v) is 3.86. The predicted molar refractivity (Wildman–Crippen MR) is 59.2 cm³/mol. The van der Waals surface area contributed by atoms with Gasteiger partial charge in [0.05, 0.1) is 0 Å². The fraction of sp³-hybridized carbons (Fsp3) is 0.0909. The molecule has 0 atom stereocenters. The van der Waals surface area contributed by atoms with Gasteiger partial charge in [-0.05, 0) is 18.6 Å². The van der Waals surface area contributed by atoms with Crippen LogP contribution in [0.5, 0.6) is 0 Å². The van der Waals surface area contributed by atoms with Gasteiger partial charge in [0.1, 0.15) is 0 Å². The van der Waals surface area contributed by atoms with Crippen LogP contribution < -0.4 is 0 Å². The molecule has 2 nitrogen and oxygen atoms in total. The Morgan fingerprint density at radius 2 is 2.14 bits per heavy atom. The number of thiophene rings is 1. The van der Waals surface area contributed by atoms with Crippen molar-refractivity contribution in [2.45, 2.75) is 6.42 Å². The highest BCUT2D eigenvalue weighted by atomic mass is 32.1. The van der Waals surface area contributed by atoms with E-state index in [2.05, 4.69) is 28.0 Å². The van der Waals surface area contributed by atoms with E-state index >= 15 is 0 Å². The van der Waals surface area contributed by atoms with Crippen molar-refractivity contribution in [1.82, 2.24) is 9.97 Å². The van der Waals surface area contributed by atoms with Gasteiger partial charge in [-0.1, -0.05) is 6.08 Å². The van der Waals surface area contributed by atoms with E-state index in [1.54, 1.807) is 23.7 Å². The van der Waals surface area contributed by atoms with E-state index in [-0.39, 0.29) is 0 Å². The summed E-state index contributed by atoms with van der Waals surface area (Å²) in [5.74, 6) is 0.791. The van der Waals surface area contributed by atoms with Crippen molar-refractivity contribution < 1.29 is 0 Å². The fourth-order valence-corrected chi connectivity index (χ4v) is 2.06. The third-order valence-corrected chi connectivity index (χ3v) is 2.78. The highest BCUT2D eigenvalue weighted by molar-refractivity contribution is 7.10. The van der Waals surface area contributed by atoms with E-state index in [1.165, 1.54) is 4.88 Å². The molecule has 0 unspecified atom stereocenters. The second kappa shape index (κ2) is 4.15. The molecule has 0 N–H and O–H groups in total. The zero-order valence-corrected chi connectivity index (χ0v) is 8.50. The minimum atomic E-state index is 0.791. The van der Waals surface area contributed by atoms with E-state index in [0.29, 0.717) is 0 Å². The molecule has 0 amide bonds. The fourth-order valence-electron chi connectivity index (χ4n) is 1.20. The Morgan fingerprint density at radius 3 is 2.86 bits per heavy atom. The lowest BCUT2D eigenvalue weighted by molar-refractivity contribution is 1.18. The minimum absolute atomic E-state index is 0.791. The molecule has 0 saturated carbocycles. The quantitative estimate of drug-likeness (QED) is 0.715. The zero-order chi connectivity index (χ0) is 9.80. The highest BCUT2D eigenvalue weighted by Gasteiger charge is 2.02. The first kappa shape index (κ1) is 9.09. The number of hydrogen-bond acceptors (Lipinski definition) is 3. The van der Waals surface area contributed by atoms with Crippen molar-refractivity contribution >= 4 is 11.3 Å². The largest absolute Gasteiger partial charge is 0.237 e. The molecular weight excluding hydrogens is 192 g/mol. The van der Waals surface area contributed by atoms with Crippen molar-refractivity contribution in [3.63, 3.8) is 0 Å². The van der Waals surface area contributed by atoms with Crippen molar-refractivity contribution in [3.8, 4) is 11.4 Å². The number of allylic oxidation sites excluding steroid dienone is 1. The van der Waals surface area contributed by atoms with E-state index in [0.717, 1.165) is 17.8 Å². The van der Waals surface area contributed by atoms with Crippen LogP contribution in [0, 0.1) is 0 Å². The van der Waals surface area contributed by atoms with E-state index in [1.807, 2.05) is 12.1 Å². The van der Waals surface area contributed by atoms with Gasteiger partial charge in [0.2, 0.25) is 0 Å². The normalized spacial score (nSPS) is 10.0. The second-order valence-electron chi connectivity index (χ2n) is 2.87. The molecular formula is C11H10N2S. The third kappa shape index (κ3) is 1.88. The number of rotatable bonds is 3. The summed E-state index contributed by atoms with van der Waals surface area (Å²) in [5.41, 5.74) is 1.09. The summed E-state index contributed by atoms with van der Waals surface area (Å²) in [7, 11) is 0. The highest BCUT2D eigenvalue weighted by Crippen LogP contribution is 2.22. The van der Waals surface area contributed by atoms with Crippen LogP contribution in [0.25, 0.3) is 11.4 Å². The van der Waals surface area contributed by atoms with Crippen LogP contribution >= 0.6 is 11.3 Å². The Bertz CT molecular complexity index is 420. The standard InChI is InChI=1S/C11H10N2S/c1-2-4-10-7-9(8-14-10)11-12-5-3-6-13-11/h2-3,5-8H,1,4H2. The summed E-state index contributed by atoms with van der Waals surface area (Å²) in [5, 5.41) is 2.08. The molecule has 2 aromatic rings. The SMILES string of the molecule is C=CCc1cc(-c2ncccn2)cs1. The Balaban J connectivity index is 2.29. The minimum Gasteiger partial charge on any atom is -0.237 e. The lowest BCUT2D eigenvalue weighted by Crippen LogP contribution is -1.83. The predicted octanol–water partition coefficient (Wildman–Crippen LogP) is 2.93. The molecule has 0 fully saturated rings. The van der Waals surface area contributed by atoms with Crippen LogP contribution in [0.3, 0.4) is 0 Å². The van der Waals surface area contributed by atoms with Gasteiger partial charge in [0.25, 0.3) is 0 Å². The summed E-state index contributed by atoms with van der Waals surface area (Å²) >= 11 is 1.72. The molecule has 2 aromatic heterocycles. The molecule has 2 rings (SSSR count). The Morgan fingerprint density at radius 1 is 1.36 bits per heavy atom. The van der Waals surface area contributed by atoms with Crippen LogP contribution in [0.1, 0.15) is 4.88 Å². The van der Waals surface area contributed by atoms with Gasteiger partial charge in [-0.15, -0.1) is 17.9 Å². The van der Waals surface area contributed by atoms with Crippen molar-refractivity contribution in [1.29, 1.82) is 0 Å². The Labute approximate surface area is 87.0 Å². The summed E-state index contributed by atoms with van der Waals surface area (Å²) in [4.78, 5) is 9.68. The van der Waals surface area contributed by atoms with E-state index < -0.39 is 0 Å². The summed E-state index contributed by atoms with van der Waals surface area (Å²) in [6.45, 7) is 3.71. The van der Waals surface area contributed by atoms with Gasteiger partial charge in [-0.2, -0.15) is 0 Å². The number of aromatic nitrogens is 2. The monoisotopic (exact) mass is 202 g/mol. The van der Waals surface area contributed by atoms with Gasteiger partial charge in [-0.3, -0.25) is 0 Å². The molecule has 0 saturated heterocycles. The van der Waals surface area contributed by atoms with Crippen LogP contribution in [0.4, 0.5) is 0 Å². The topological polar surface area (TPSA) is 25.8 Å². The molecule has 0 bridgehead atoms. The van der Waals surface area contributed by atoms with Crippen LogP contribution in [-0.4, -0.2) is 9.97 Å². The number of nitrogens with zero attached hydrogens (tertiary/aromatic N) is 2. The third-order valence-electron chi connectivity index (χ3n) is 1.82. The molecule has 14 heavy (non-hydrogen) atoms. The van der Waals surface area contributed by atoms with Gasteiger partial charge >= 0.3 is 0 Å². The maximum absolute atomic E-state index is 4.19. The van der Waals surface area contributed by atoms with E-state index in [4.69, 9.17) is 0 Å². The Kier molecular flexibility index (Phi) is 2.70. The van der Waals surface area contributed by atoms with Crippen molar-refractivity contribution in [3.05, 3.63) is 47.4 Å². The Hall–Kier alpha value is -1.48. The molecule has 3 heteroatoms. The van der Waals surface area contributed by atoms with Gasteiger partial charge in [-0.25, -0.2) is 9.97 Å². The van der Waals surface area contributed by atoms with Gasteiger partial charge < -0.3 is 0 Å². The first-order chi connectivity index (χ1) is 6.90. The summed E-state index contributed by atoms with van der Waals surface area (Å²) in [6, 6.07) is 3.93. The molecule has 0 radical (unpaired) electrons. The molecule has 70 valence electrons. The summed E-state index contributed by atoms with van der Waals surface area (Å²) < 4.78 is 0. The van der Waals surface area contributed by atoms with E-state index in [9.17, 15) is 0 Å². The molecule has 0 aliphatic heterocycles. The summed E-state index contributed by atoms with van der Waals surface area (Å²) in [6.07, 6.45) is 6.33. The molecule has 2 heterocycles. The van der Waals surface area contributed by atoms with Gasteiger partial charge in [0, 0.05) is 28.2 Å². The van der Waals surface area contributed by atoms with Crippen LogP contribution in [0.2, 0.25) is 0 Å². The van der Waals surface area contributed by atoms with Crippen LogP contribution in [-0.2, 0) is 6.42 Å². The maximum Gasteiger partial charge on any atom is 0.159 e. The smallest absolute Gasteiger partial charge is 0.159 e. The molecule has 0 spiro atoms. The van der Waals surface area contributed by atoms with Crippen LogP contribution in [0.15, 0.2) is 42.6 Å². The van der Waals surface area contributed by atoms with Crippen molar-refractivity contribution in [2.75, 3.05) is 0 Å². The molecule has 0 aromatic carbocycles. The van der Waals surface area contributed by atoms with Crippen molar-refractivity contribution in [2.24, 2.45) is 0 Å². The number of hydrogen-bond donors (Lipinski definition) is 0. The zero-order valence-electron chi connectivity index (χ0n) is 7.68. The lowest BCUT2D eigenvalue weighted by Gasteiger charge is -1.92. The lowest BCUT2D eigenvalue weighted by atomic mass is 10.2. The van der Waals surface area contributed by atoms with Gasteiger partial charge in [0.15, 0.2) is 5.82 Å².